The van der Waals surface area contributed by atoms with Crippen LogP contribution in [0.25, 0.3) is 5.65 Å². The van der Waals surface area contributed by atoms with E-state index in [0.29, 0.717) is 11.9 Å². The van der Waals surface area contributed by atoms with E-state index >= 15 is 0 Å². The third-order valence-corrected chi connectivity index (χ3v) is 3.80. The molecule has 1 aliphatic heterocycles. The average Bonchev–Trinajstić information content (AvgIpc) is 2.92. The fourth-order valence-electron chi connectivity index (χ4n) is 2.36. The molecule has 0 radical (unpaired) electrons. The Balaban J connectivity index is 1.67. The summed E-state index contributed by atoms with van der Waals surface area (Å²) >= 11 is 3.43. The number of fused-ring (bicyclic) bond motifs is 1. The van der Waals surface area contributed by atoms with E-state index in [0.717, 1.165) is 23.2 Å². The van der Waals surface area contributed by atoms with Crippen LogP contribution in [0.3, 0.4) is 0 Å². The maximum absolute atomic E-state index is 4.44. The lowest BCUT2D eigenvalue weighted by molar-refractivity contribution is 0.399. The van der Waals surface area contributed by atoms with Gasteiger partial charge in [0.05, 0.1) is 0 Å². The van der Waals surface area contributed by atoms with Gasteiger partial charge < -0.3 is 10.2 Å². The third-order valence-electron chi connectivity index (χ3n) is 3.33. The molecule has 96 valence electrons. The normalized spacial score (nSPS) is 20.7. The zero-order chi connectivity index (χ0) is 12.5. The summed E-state index contributed by atoms with van der Waals surface area (Å²) in [7, 11) is 2.17. The van der Waals surface area contributed by atoms with Gasteiger partial charge in [-0.05, 0) is 54.0 Å². The highest BCUT2D eigenvalue weighted by Crippen LogP contribution is 2.16. The molecule has 1 N–H and O–H groups in total. The Morgan fingerprint density at radius 3 is 3.17 bits per heavy atom. The molecular weight excluding hydrogens is 294 g/mol. The summed E-state index contributed by atoms with van der Waals surface area (Å²) in [5.41, 5.74) is 0.865. The standard InChI is InChI=1S/C12H16BrN5/c1-17-5-4-9(7-17)6-14-12-15-11-3-2-10(13)8-18(11)16-12/h2-3,8-9H,4-7H2,1H3,(H,14,16). The number of hydrogen-bond donors (Lipinski definition) is 1. The Bertz CT molecular complexity index is 552. The molecule has 1 saturated heterocycles. The van der Waals surface area contributed by atoms with Crippen LogP contribution in [0.1, 0.15) is 6.42 Å². The zero-order valence-electron chi connectivity index (χ0n) is 10.3. The minimum absolute atomic E-state index is 0.702. The molecule has 18 heavy (non-hydrogen) atoms. The molecule has 5 nitrogen and oxygen atoms in total. The lowest BCUT2D eigenvalue weighted by Crippen LogP contribution is -2.19. The van der Waals surface area contributed by atoms with Gasteiger partial charge >= 0.3 is 0 Å². The summed E-state index contributed by atoms with van der Waals surface area (Å²) in [5.74, 6) is 1.41. The predicted octanol–water partition coefficient (Wildman–Crippen LogP) is 1.86. The van der Waals surface area contributed by atoms with Crippen LogP contribution in [-0.2, 0) is 0 Å². The van der Waals surface area contributed by atoms with Gasteiger partial charge in [-0.15, -0.1) is 5.10 Å². The largest absolute Gasteiger partial charge is 0.353 e. The van der Waals surface area contributed by atoms with Crippen molar-refractivity contribution in [3.8, 4) is 0 Å². The summed E-state index contributed by atoms with van der Waals surface area (Å²) in [6.07, 6.45) is 3.17. The molecule has 3 heterocycles. The van der Waals surface area contributed by atoms with Crippen molar-refractivity contribution in [3.63, 3.8) is 0 Å². The highest BCUT2D eigenvalue weighted by molar-refractivity contribution is 9.10. The van der Waals surface area contributed by atoms with Crippen LogP contribution in [-0.4, -0.2) is 46.2 Å². The molecule has 0 saturated carbocycles. The minimum Gasteiger partial charge on any atom is -0.353 e. The highest BCUT2D eigenvalue weighted by Gasteiger charge is 2.19. The van der Waals surface area contributed by atoms with E-state index in [1.165, 1.54) is 13.0 Å². The monoisotopic (exact) mass is 309 g/mol. The van der Waals surface area contributed by atoms with E-state index in [2.05, 4.69) is 43.3 Å². The molecule has 0 amide bonds. The number of nitrogens with one attached hydrogen (secondary N) is 1. The second-order valence-corrected chi connectivity index (χ2v) is 5.80. The van der Waals surface area contributed by atoms with E-state index in [1.807, 2.05) is 18.3 Å². The van der Waals surface area contributed by atoms with Gasteiger partial charge in [0.15, 0.2) is 5.65 Å². The minimum atomic E-state index is 0.702. The molecule has 1 fully saturated rings. The van der Waals surface area contributed by atoms with Crippen LogP contribution in [0, 0.1) is 5.92 Å². The number of hydrogen-bond acceptors (Lipinski definition) is 4. The number of pyridine rings is 1. The summed E-state index contributed by atoms with van der Waals surface area (Å²) in [6, 6.07) is 3.92. The second-order valence-electron chi connectivity index (χ2n) is 4.88. The molecule has 1 unspecified atom stereocenters. The Labute approximate surface area is 114 Å². The van der Waals surface area contributed by atoms with Crippen molar-refractivity contribution in [1.82, 2.24) is 19.5 Å². The number of anilines is 1. The Morgan fingerprint density at radius 2 is 2.39 bits per heavy atom. The van der Waals surface area contributed by atoms with Gasteiger partial charge in [-0.25, -0.2) is 4.52 Å². The molecule has 0 bridgehead atoms. The first kappa shape index (κ1) is 11.9. The molecule has 2 aromatic rings. The van der Waals surface area contributed by atoms with Crippen LogP contribution in [0.15, 0.2) is 22.8 Å². The summed E-state index contributed by atoms with van der Waals surface area (Å²) < 4.78 is 2.79. The van der Waals surface area contributed by atoms with Crippen LogP contribution in [0.2, 0.25) is 0 Å². The van der Waals surface area contributed by atoms with Gasteiger partial charge in [0.2, 0.25) is 5.95 Å². The van der Waals surface area contributed by atoms with Crippen molar-refractivity contribution in [2.24, 2.45) is 5.92 Å². The molecule has 6 heteroatoms. The van der Waals surface area contributed by atoms with E-state index in [1.54, 1.807) is 4.52 Å². The zero-order valence-corrected chi connectivity index (χ0v) is 11.9. The summed E-state index contributed by atoms with van der Waals surface area (Å²) in [5, 5.41) is 7.74. The van der Waals surface area contributed by atoms with Gasteiger partial charge in [-0.2, -0.15) is 4.98 Å². The molecule has 1 atom stereocenters. The van der Waals surface area contributed by atoms with E-state index in [-0.39, 0.29) is 0 Å². The predicted molar refractivity (Wildman–Crippen MR) is 74.8 cm³/mol. The quantitative estimate of drug-likeness (QED) is 0.940. The maximum atomic E-state index is 4.44. The van der Waals surface area contributed by atoms with E-state index in [4.69, 9.17) is 0 Å². The van der Waals surface area contributed by atoms with Crippen LogP contribution < -0.4 is 5.32 Å². The number of rotatable bonds is 3. The Morgan fingerprint density at radius 1 is 1.50 bits per heavy atom. The van der Waals surface area contributed by atoms with Crippen LogP contribution in [0.4, 0.5) is 5.95 Å². The number of likely N-dealkylation sites (tertiary alicyclic amines) is 1. The Hall–Kier alpha value is -1.14. The van der Waals surface area contributed by atoms with Gasteiger partial charge in [0.1, 0.15) is 0 Å². The lowest BCUT2D eigenvalue weighted by atomic mass is 10.1. The lowest BCUT2D eigenvalue weighted by Gasteiger charge is -2.09. The fourth-order valence-corrected chi connectivity index (χ4v) is 2.69. The van der Waals surface area contributed by atoms with Crippen molar-refractivity contribution in [3.05, 3.63) is 22.8 Å². The van der Waals surface area contributed by atoms with Crippen molar-refractivity contribution < 1.29 is 0 Å². The van der Waals surface area contributed by atoms with Gasteiger partial charge in [0.25, 0.3) is 0 Å². The number of aromatic nitrogens is 3. The topological polar surface area (TPSA) is 45.5 Å². The first-order valence-electron chi connectivity index (χ1n) is 6.15. The molecule has 2 aromatic heterocycles. The summed E-state index contributed by atoms with van der Waals surface area (Å²) in [6.45, 7) is 3.30. The van der Waals surface area contributed by atoms with Crippen LogP contribution in [0.5, 0.6) is 0 Å². The number of nitrogens with zero attached hydrogens (tertiary/aromatic N) is 4. The summed E-state index contributed by atoms with van der Waals surface area (Å²) in [4.78, 5) is 6.80. The second kappa shape index (κ2) is 4.85. The third kappa shape index (κ3) is 2.49. The average molecular weight is 310 g/mol. The van der Waals surface area contributed by atoms with Crippen molar-refractivity contribution in [1.29, 1.82) is 0 Å². The molecule has 0 aliphatic carbocycles. The molecule has 0 spiro atoms. The van der Waals surface area contributed by atoms with E-state index < -0.39 is 0 Å². The molecular formula is C12H16BrN5. The maximum Gasteiger partial charge on any atom is 0.243 e. The Kier molecular flexibility index (Phi) is 3.22. The molecule has 1 aliphatic rings. The van der Waals surface area contributed by atoms with Crippen LogP contribution >= 0.6 is 15.9 Å². The van der Waals surface area contributed by atoms with Gasteiger partial charge in [-0.1, -0.05) is 0 Å². The molecule has 0 aromatic carbocycles. The van der Waals surface area contributed by atoms with Crippen molar-refractivity contribution >= 4 is 27.5 Å². The first-order chi connectivity index (χ1) is 8.70. The van der Waals surface area contributed by atoms with E-state index in [9.17, 15) is 0 Å². The SMILES string of the molecule is CN1CCC(CNc2nc3ccc(Br)cn3n2)C1. The smallest absolute Gasteiger partial charge is 0.243 e. The molecule has 3 rings (SSSR count). The van der Waals surface area contributed by atoms with Gasteiger partial charge in [-0.3, -0.25) is 0 Å². The van der Waals surface area contributed by atoms with Crippen molar-refractivity contribution in [2.75, 3.05) is 32.0 Å². The highest BCUT2D eigenvalue weighted by atomic mass is 79.9. The van der Waals surface area contributed by atoms with Crippen molar-refractivity contribution in [2.45, 2.75) is 6.42 Å². The van der Waals surface area contributed by atoms with Gasteiger partial charge in [0, 0.05) is 23.8 Å². The fraction of sp³-hybridized carbons (Fsp3) is 0.500. The number of halogens is 1. The first-order valence-corrected chi connectivity index (χ1v) is 6.94.